The van der Waals surface area contributed by atoms with Gasteiger partial charge in [0.25, 0.3) is 0 Å². The summed E-state index contributed by atoms with van der Waals surface area (Å²) < 4.78 is 0. The molecule has 2 aliphatic rings. The maximum Gasteiger partial charge on any atom is 0.0798 e. The highest BCUT2D eigenvalue weighted by Crippen LogP contribution is 2.25. The van der Waals surface area contributed by atoms with Gasteiger partial charge in [-0.2, -0.15) is 0 Å². The van der Waals surface area contributed by atoms with Crippen LogP contribution in [0.1, 0.15) is 32.6 Å². The lowest BCUT2D eigenvalue weighted by atomic mass is 9.89. The molecule has 1 N–H and O–H groups in total. The van der Waals surface area contributed by atoms with Crippen molar-refractivity contribution in [3.05, 3.63) is 0 Å². The van der Waals surface area contributed by atoms with Gasteiger partial charge >= 0.3 is 0 Å². The summed E-state index contributed by atoms with van der Waals surface area (Å²) in [5.74, 6) is 0.878. The van der Waals surface area contributed by atoms with E-state index in [1.807, 2.05) is 0 Å². The van der Waals surface area contributed by atoms with Crippen molar-refractivity contribution in [2.45, 2.75) is 38.2 Å². The first kappa shape index (κ1) is 12.3. The summed E-state index contributed by atoms with van der Waals surface area (Å²) in [7, 11) is 2.14. The number of aliphatic hydroxyl groups is 1. The van der Waals surface area contributed by atoms with Crippen molar-refractivity contribution in [2.24, 2.45) is 5.92 Å². The summed E-state index contributed by atoms with van der Waals surface area (Å²) in [6.45, 7) is 7.68. The van der Waals surface area contributed by atoms with E-state index >= 15 is 0 Å². The molecule has 0 amide bonds. The van der Waals surface area contributed by atoms with Gasteiger partial charge in [-0.1, -0.05) is 6.92 Å². The summed E-state index contributed by atoms with van der Waals surface area (Å²) in [5, 5.41) is 10.5. The van der Waals surface area contributed by atoms with E-state index in [9.17, 15) is 5.11 Å². The van der Waals surface area contributed by atoms with E-state index in [2.05, 4.69) is 23.8 Å². The molecule has 0 saturated carbocycles. The maximum atomic E-state index is 10.5. The van der Waals surface area contributed by atoms with Crippen LogP contribution in [0.2, 0.25) is 0 Å². The minimum absolute atomic E-state index is 0.410. The van der Waals surface area contributed by atoms with Gasteiger partial charge in [-0.15, -0.1) is 0 Å². The van der Waals surface area contributed by atoms with Crippen molar-refractivity contribution >= 4 is 0 Å². The number of β-amino-alcohol motifs (C(OH)–C–C–N with tert-alkyl or cyclic N) is 1. The van der Waals surface area contributed by atoms with E-state index in [0.29, 0.717) is 0 Å². The fourth-order valence-corrected chi connectivity index (χ4v) is 2.83. The first-order valence-corrected chi connectivity index (χ1v) is 6.71. The van der Waals surface area contributed by atoms with Gasteiger partial charge in [0.05, 0.1) is 5.60 Å². The Morgan fingerprint density at radius 3 is 2.25 bits per heavy atom. The number of hydrogen-bond acceptors (Lipinski definition) is 3. The molecule has 0 aliphatic carbocycles. The van der Waals surface area contributed by atoms with Crippen LogP contribution >= 0.6 is 0 Å². The Labute approximate surface area is 99.4 Å². The number of piperidine rings is 2. The lowest BCUT2D eigenvalue weighted by Crippen LogP contribution is -2.51. The largest absolute Gasteiger partial charge is 0.388 e. The second-order valence-corrected chi connectivity index (χ2v) is 5.99. The van der Waals surface area contributed by atoms with Crippen molar-refractivity contribution in [2.75, 3.05) is 39.8 Å². The quantitative estimate of drug-likeness (QED) is 0.766. The summed E-state index contributed by atoms with van der Waals surface area (Å²) in [6.07, 6.45) is 4.48. The summed E-state index contributed by atoms with van der Waals surface area (Å²) >= 11 is 0. The third kappa shape index (κ3) is 3.19. The molecule has 2 fully saturated rings. The van der Waals surface area contributed by atoms with Gasteiger partial charge in [0.15, 0.2) is 0 Å². The molecule has 0 atom stereocenters. The van der Waals surface area contributed by atoms with Crippen molar-refractivity contribution in [3.8, 4) is 0 Å². The minimum atomic E-state index is -0.410. The van der Waals surface area contributed by atoms with Crippen LogP contribution in [-0.2, 0) is 0 Å². The Bertz CT molecular complexity index is 216. The van der Waals surface area contributed by atoms with Crippen molar-refractivity contribution < 1.29 is 5.11 Å². The summed E-state index contributed by atoms with van der Waals surface area (Å²) in [6, 6.07) is 0. The Balaban J connectivity index is 1.80. The molecule has 2 aliphatic heterocycles. The number of rotatable bonds is 2. The zero-order valence-electron chi connectivity index (χ0n) is 10.8. The highest BCUT2D eigenvalue weighted by atomic mass is 16.3. The van der Waals surface area contributed by atoms with E-state index in [1.165, 1.54) is 25.9 Å². The Morgan fingerprint density at radius 1 is 1.12 bits per heavy atom. The van der Waals surface area contributed by atoms with Gasteiger partial charge in [0, 0.05) is 19.6 Å². The van der Waals surface area contributed by atoms with E-state index in [-0.39, 0.29) is 0 Å². The Kier molecular flexibility index (Phi) is 3.88. The Hall–Kier alpha value is -0.120. The van der Waals surface area contributed by atoms with Crippen molar-refractivity contribution in [3.63, 3.8) is 0 Å². The fraction of sp³-hybridized carbons (Fsp3) is 1.00. The zero-order valence-corrected chi connectivity index (χ0v) is 10.8. The van der Waals surface area contributed by atoms with Gasteiger partial charge in [0.2, 0.25) is 0 Å². The molecule has 0 aromatic carbocycles. The van der Waals surface area contributed by atoms with Crippen LogP contribution in [0.25, 0.3) is 0 Å². The lowest BCUT2D eigenvalue weighted by Gasteiger charge is -2.41. The molecule has 3 nitrogen and oxygen atoms in total. The fourth-order valence-electron chi connectivity index (χ4n) is 2.83. The van der Waals surface area contributed by atoms with Crippen LogP contribution in [0.4, 0.5) is 0 Å². The number of nitrogens with zero attached hydrogens (tertiary/aromatic N) is 2. The van der Waals surface area contributed by atoms with Crippen LogP contribution in [-0.4, -0.2) is 60.3 Å². The van der Waals surface area contributed by atoms with Crippen LogP contribution < -0.4 is 0 Å². The summed E-state index contributed by atoms with van der Waals surface area (Å²) in [4.78, 5) is 4.78. The lowest BCUT2D eigenvalue weighted by molar-refractivity contribution is -0.0460. The molecule has 0 bridgehead atoms. The van der Waals surface area contributed by atoms with E-state index < -0.39 is 5.60 Å². The third-order valence-electron chi connectivity index (χ3n) is 4.31. The minimum Gasteiger partial charge on any atom is -0.388 e. The molecule has 0 radical (unpaired) electrons. The third-order valence-corrected chi connectivity index (χ3v) is 4.31. The van der Waals surface area contributed by atoms with Crippen LogP contribution in [0.15, 0.2) is 0 Å². The predicted octanol–water partition coefficient (Wildman–Crippen LogP) is 1.17. The average Bonchev–Trinajstić information content (AvgIpc) is 2.27. The predicted molar refractivity (Wildman–Crippen MR) is 66.5 cm³/mol. The monoisotopic (exact) mass is 226 g/mol. The highest BCUT2D eigenvalue weighted by Gasteiger charge is 2.33. The van der Waals surface area contributed by atoms with Crippen LogP contribution in [0, 0.1) is 5.92 Å². The van der Waals surface area contributed by atoms with Crippen LogP contribution in [0.5, 0.6) is 0 Å². The molecular formula is C13H26N2O. The number of likely N-dealkylation sites (tertiary alicyclic amines) is 2. The average molecular weight is 226 g/mol. The SMILES string of the molecule is CC1CCN(CC2(O)CCN(C)CC2)CC1. The summed E-state index contributed by atoms with van der Waals surface area (Å²) in [5.41, 5.74) is -0.410. The molecular weight excluding hydrogens is 200 g/mol. The zero-order chi connectivity index (χ0) is 11.6. The maximum absolute atomic E-state index is 10.5. The van der Waals surface area contributed by atoms with E-state index in [0.717, 1.165) is 38.4 Å². The second kappa shape index (κ2) is 5.03. The van der Waals surface area contributed by atoms with E-state index in [4.69, 9.17) is 0 Å². The van der Waals surface area contributed by atoms with Gasteiger partial charge in [0.1, 0.15) is 0 Å². The molecule has 2 saturated heterocycles. The Morgan fingerprint density at radius 2 is 1.69 bits per heavy atom. The highest BCUT2D eigenvalue weighted by molar-refractivity contribution is 4.88. The standard InChI is InChI=1S/C13H26N2O/c1-12-3-7-15(8-4-12)11-13(16)5-9-14(2)10-6-13/h12,16H,3-11H2,1-2H3. The molecule has 16 heavy (non-hydrogen) atoms. The topological polar surface area (TPSA) is 26.7 Å². The van der Waals surface area contributed by atoms with Crippen molar-refractivity contribution in [1.82, 2.24) is 9.80 Å². The second-order valence-electron chi connectivity index (χ2n) is 5.99. The van der Waals surface area contributed by atoms with Gasteiger partial charge in [-0.25, -0.2) is 0 Å². The van der Waals surface area contributed by atoms with Gasteiger partial charge in [-0.05, 0) is 51.7 Å². The molecule has 94 valence electrons. The smallest absolute Gasteiger partial charge is 0.0798 e. The molecule has 0 aromatic rings. The van der Waals surface area contributed by atoms with Gasteiger partial charge in [-0.3, -0.25) is 0 Å². The first-order valence-electron chi connectivity index (χ1n) is 6.71. The molecule has 3 heteroatoms. The first-order chi connectivity index (χ1) is 7.57. The number of hydrogen-bond donors (Lipinski definition) is 1. The van der Waals surface area contributed by atoms with Crippen molar-refractivity contribution in [1.29, 1.82) is 0 Å². The molecule has 0 aromatic heterocycles. The molecule has 0 unspecified atom stereocenters. The van der Waals surface area contributed by atoms with Gasteiger partial charge < -0.3 is 14.9 Å². The normalized spacial score (nSPS) is 29.4. The molecule has 0 spiro atoms. The van der Waals surface area contributed by atoms with E-state index in [1.54, 1.807) is 0 Å². The molecule has 2 rings (SSSR count). The van der Waals surface area contributed by atoms with Crippen LogP contribution in [0.3, 0.4) is 0 Å². The molecule has 2 heterocycles.